The van der Waals surface area contributed by atoms with Crippen LogP contribution in [0, 0.1) is 0 Å². The average molecular weight is 391 g/mol. The first kappa shape index (κ1) is 18.7. The Labute approximate surface area is 167 Å². The molecule has 29 heavy (non-hydrogen) atoms. The van der Waals surface area contributed by atoms with Crippen LogP contribution in [-0.4, -0.2) is 26.2 Å². The minimum Gasteiger partial charge on any atom is -0.326 e. The van der Waals surface area contributed by atoms with E-state index in [4.69, 9.17) is 0 Å². The molecule has 0 aliphatic heterocycles. The molecule has 0 saturated heterocycles. The van der Waals surface area contributed by atoms with E-state index in [9.17, 15) is 14.4 Å². The van der Waals surface area contributed by atoms with E-state index < -0.39 is 0 Å². The Bertz CT molecular complexity index is 1100. The van der Waals surface area contributed by atoms with Gasteiger partial charge in [-0.15, -0.1) is 0 Å². The molecule has 1 heterocycles. The molecule has 1 aromatic heterocycles. The smallest absolute Gasteiger partial charge is 0.326 e. The SMILES string of the molecule is CC(=O)Nc1ccc(NC(=O)Cn2nc(C3CC3)n(-c3ccccc3)c2=O)cc1. The molecule has 148 valence electrons. The number of anilines is 2. The van der Waals surface area contributed by atoms with E-state index in [0.717, 1.165) is 18.5 Å². The van der Waals surface area contributed by atoms with Gasteiger partial charge in [0.15, 0.2) is 0 Å². The van der Waals surface area contributed by atoms with E-state index in [2.05, 4.69) is 15.7 Å². The van der Waals surface area contributed by atoms with Gasteiger partial charge in [-0.3, -0.25) is 9.59 Å². The Kier molecular flexibility index (Phi) is 4.99. The molecule has 0 radical (unpaired) electrons. The summed E-state index contributed by atoms with van der Waals surface area (Å²) < 4.78 is 2.80. The molecule has 2 aromatic carbocycles. The topological polar surface area (TPSA) is 98.0 Å². The molecular formula is C21H21N5O3. The summed E-state index contributed by atoms with van der Waals surface area (Å²) in [6.07, 6.45) is 1.99. The second kappa shape index (κ2) is 7.75. The van der Waals surface area contributed by atoms with Crippen molar-refractivity contribution in [3.63, 3.8) is 0 Å². The fourth-order valence-corrected chi connectivity index (χ4v) is 3.13. The molecule has 1 fully saturated rings. The first-order valence-corrected chi connectivity index (χ1v) is 9.44. The van der Waals surface area contributed by atoms with Crippen LogP contribution in [0.15, 0.2) is 59.4 Å². The molecule has 1 aliphatic rings. The molecule has 2 N–H and O–H groups in total. The number of hydrogen-bond donors (Lipinski definition) is 2. The molecule has 0 bridgehead atoms. The second-order valence-corrected chi connectivity index (χ2v) is 7.05. The van der Waals surface area contributed by atoms with Crippen molar-refractivity contribution in [3.05, 3.63) is 70.9 Å². The van der Waals surface area contributed by atoms with Gasteiger partial charge in [-0.1, -0.05) is 18.2 Å². The monoisotopic (exact) mass is 391 g/mol. The van der Waals surface area contributed by atoms with Crippen LogP contribution in [0.4, 0.5) is 11.4 Å². The number of carbonyl (C=O) groups excluding carboxylic acids is 2. The fraction of sp³-hybridized carbons (Fsp3) is 0.238. The summed E-state index contributed by atoms with van der Waals surface area (Å²) in [5.41, 5.74) is 1.64. The van der Waals surface area contributed by atoms with Gasteiger partial charge in [0.2, 0.25) is 11.8 Å². The summed E-state index contributed by atoms with van der Waals surface area (Å²) in [6.45, 7) is 1.25. The molecule has 4 rings (SSSR count). The normalized spacial score (nSPS) is 13.1. The first-order chi connectivity index (χ1) is 14.0. The lowest BCUT2D eigenvalue weighted by Gasteiger charge is -2.06. The summed E-state index contributed by atoms with van der Waals surface area (Å²) in [6, 6.07) is 16.1. The zero-order chi connectivity index (χ0) is 20.4. The maximum atomic E-state index is 12.9. The van der Waals surface area contributed by atoms with Gasteiger partial charge >= 0.3 is 5.69 Å². The molecule has 8 nitrogen and oxygen atoms in total. The molecule has 0 unspecified atom stereocenters. The van der Waals surface area contributed by atoms with Crippen LogP contribution in [0.3, 0.4) is 0 Å². The fourth-order valence-electron chi connectivity index (χ4n) is 3.13. The van der Waals surface area contributed by atoms with Gasteiger partial charge in [-0.05, 0) is 49.2 Å². The molecule has 8 heteroatoms. The number of benzene rings is 2. The lowest BCUT2D eigenvalue weighted by Crippen LogP contribution is -2.29. The number of nitrogens with one attached hydrogen (secondary N) is 2. The number of hydrogen-bond acceptors (Lipinski definition) is 4. The van der Waals surface area contributed by atoms with Crippen molar-refractivity contribution in [2.24, 2.45) is 0 Å². The average Bonchev–Trinajstić information content (AvgIpc) is 3.49. The van der Waals surface area contributed by atoms with Gasteiger partial charge in [0, 0.05) is 24.2 Å². The zero-order valence-corrected chi connectivity index (χ0v) is 16.0. The van der Waals surface area contributed by atoms with Crippen LogP contribution < -0.4 is 16.3 Å². The third-order valence-electron chi connectivity index (χ3n) is 4.60. The highest BCUT2D eigenvalue weighted by molar-refractivity contribution is 5.92. The van der Waals surface area contributed by atoms with Crippen molar-refractivity contribution >= 4 is 23.2 Å². The van der Waals surface area contributed by atoms with Crippen LogP contribution in [-0.2, 0) is 16.1 Å². The third-order valence-corrected chi connectivity index (χ3v) is 4.60. The summed E-state index contributed by atoms with van der Waals surface area (Å²) in [5, 5.41) is 9.85. The van der Waals surface area contributed by atoms with Gasteiger partial charge in [0.1, 0.15) is 12.4 Å². The summed E-state index contributed by atoms with van der Waals surface area (Å²) in [4.78, 5) is 36.4. The Balaban J connectivity index is 1.51. The highest BCUT2D eigenvalue weighted by Crippen LogP contribution is 2.39. The molecule has 0 atom stereocenters. The summed E-state index contributed by atoms with van der Waals surface area (Å²) in [7, 11) is 0. The van der Waals surface area contributed by atoms with E-state index in [-0.39, 0.29) is 30.0 Å². The largest absolute Gasteiger partial charge is 0.351 e. The van der Waals surface area contributed by atoms with Gasteiger partial charge in [-0.25, -0.2) is 14.0 Å². The quantitative estimate of drug-likeness (QED) is 0.675. The Morgan fingerprint density at radius 1 is 1.00 bits per heavy atom. The summed E-state index contributed by atoms with van der Waals surface area (Å²) in [5.74, 6) is 0.447. The predicted molar refractivity (Wildman–Crippen MR) is 109 cm³/mol. The Hall–Kier alpha value is -3.68. The van der Waals surface area contributed by atoms with Crippen molar-refractivity contribution in [2.75, 3.05) is 10.6 Å². The van der Waals surface area contributed by atoms with Crippen LogP contribution in [0.25, 0.3) is 5.69 Å². The number of para-hydroxylation sites is 1. The van der Waals surface area contributed by atoms with Crippen molar-refractivity contribution in [1.82, 2.24) is 14.3 Å². The Morgan fingerprint density at radius 2 is 1.62 bits per heavy atom. The van der Waals surface area contributed by atoms with Crippen molar-refractivity contribution in [3.8, 4) is 5.69 Å². The van der Waals surface area contributed by atoms with Crippen LogP contribution in [0.5, 0.6) is 0 Å². The van der Waals surface area contributed by atoms with Gasteiger partial charge in [-0.2, -0.15) is 5.10 Å². The van der Waals surface area contributed by atoms with Crippen LogP contribution in [0.2, 0.25) is 0 Å². The van der Waals surface area contributed by atoms with E-state index >= 15 is 0 Å². The van der Waals surface area contributed by atoms with Crippen molar-refractivity contribution in [1.29, 1.82) is 0 Å². The van der Waals surface area contributed by atoms with Crippen molar-refractivity contribution in [2.45, 2.75) is 32.2 Å². The van der Waals surface area contributed by atoms with Gasteiger partial charge in [0.25, 0.3) is 0 Å². The first-order valence-electron chi connectivity index (χ1n) is 9.44. The molecule has 2 amide bonds. The van der Waals surface area contributed by atoms with E-state index in [0.29, 0.717) is 17.2 Å². The van der Waals surface area contributed by atoms with Gasteiger partial charge in [0.05, 0.1) is 5.69 Å². The van der Waals surface area contributed by atoms with Crippen LogP contribution in [0.1, 0.15) is 31.5 Å². The Morgan fingerprint density at radius 3 is 2.21 bits per heavy atom. The highest BCUT2D eigenvalue weighted by atomic mass is 16.2. The lowest BCUT2D eigenvalue weighted by atomic mass is 10.2. The van der Waals surface area contributed by atoms with E-state index in [1.165, 1.54) is 11.6 Å². The van der Waals surface area contributed by atoms with Crippen LogP contribution >= 0.6 is 0 Å². The minimum atomic E-state index is -0.348. The highest BCUT2D eigenvalue weighted by Gasteiger charge is 2.31. The van der Waals surface area contributed by atoms with E-state index in [1.807, 2.05) is 30.3 Å². The number of rotatable bonds is 6. The third kappa shape index (κ3) is 4.26. The molecule has 0 spiro atoms. The standard InChI is InChI=1S/C21H21N5O3/c1-14(27)22-16-9-11-17(12-10-16)23-19(28)13-25-21(29)26(18-5-3-2-4-6-18)20(24-25)15-7-8-15/h2-6,9-12,15H,7-8,13H2,1H3,(H,22,27)(H,23,28). The molecular weight excluding hydrogens is 370 g/mol. The number of carbonyl (C=O) groups is 2. The lowest BCUT2D eigenvalue weighted by molar-refractivity contribution is -0.117. The van der Waals surface area contributed by atoms with E-state index in [1.54, 1.807) is 28.8 Å². The summed E-state index contributed by atoms with van der Waals surface area (Å²) >= 11 is 0. The molecule has 3 aromatic rings. The minimum absolute atomic E-state index is 0.165. The van der Waals surface area contributed by atoms with Gasteiger partial charge < -0.3 is 10.6 Å². The zero-order valence-electron chi connectivity index (χ0n) is 16.0. The maximum absolute atomic E-state index is 12.9. The second-order valence-electron chi connectivity index (χ2n) is 7.05. The number of amides is 2. The predicted octanol–water partition coefficient (Wildman–Crippen LogP) is 2.51. The number of aromatic nitrogens is 3. The number of nitrogens with zero attached hydrogens (tertiary/aromatic N) is 3. The maximum Gasteiger partial charge on any atom is 0.351 e. The van der Waals surface area contributed by atoms with Crippen molar-refractivity contribution < 1.29 is 9.59 Å². The molecule has 1 saturated carbocycles. The molecule has 1 aliphatic carbocycles.